The molecule has 0 N–H and O–H groups in total. The lowest BCUT2D eigenvalue weighted by Gasteiger charge is -2.28. The maximum absolute atomic E-state index is 13.1. The molecule has 0 radical (unpaired) electrons. The summed E-state index contributed by atoms with van der Waals surface area (Å²) in [5, 5.41) is 0.732. The molecule has 1 aliphatic heterocycles. The smallest absolute Gasteiger partial charge is 0.312 e. The highest BCUT2D eigenvalue weighted by Gasteiger charge is 2.53. The van der Waals surface area contributed by atoms with Gasteiger partial charge in [-0.3, -0.25) is 4.79 Å². The molecule has 4 nitrogen and oxygen atoms in total. The Kier molecular flexibility index (Phi) is 4.84. The van der Waals surface area contributed by atoms with E-state index in [9.17, 15) is 9.59 Å². The van der Waals surface area contributed by atoms with Gasteiger partial charge in [0, 0.05) is 28.0 Å². The monoisotopic (exact) mass is 440 g/mol. The SMILES string of the molecule is CN1C(=O)N(c2cc(Cl)cc(Cl)c2)C(=O)C1(C)Cc1ccccc1Br. The van der Waals surface area contributed by atoms with Crippen LogP contribution in [0.15, 0.2) is 46.9 Å². The summed E-state index contributed by atoms with van der Waals surface area (Å²) in [6.07, 6.45) is 0.389. The second-order valence-corrected chi connectivity index (χ2v) is 7.88. The molecule has 0 bridgehead atoms. The van der Waals surface area contributed by atoms with Crippen LogP contribution in [0.4, 0.5) is 10.5 Å². The highest BCUT2D eigenvalue weighted by atomic mass is 79.9. The van der Waals surface area contributed by atoms with Crippen molar-refractivity contribution in [3.8, 4) is 0 Å². The number of halogens is 3. The average molecular weight is 442 g/mol. The van der Waals surface area contributed by atoms with Crippen LogP contribution < -0.4 is 4.90 Å². The lowest BCUT2D eigenvalue weighted by atomic mass is 9.91. The Balaban J connectivity index is 2.01. The number of carbonyl (C=O) groups is 2. The van der Waals surface area contributed by atoms with Gasteiger partial charge in [0.05, 0.1) is 5.69 Å². The second-order valence-electron chi connectivity index (χ2n) is 6.15. The van der Waals surface area contributed by atoms with E-state index in [1.165, 1.54) is 4.90 Å². The number of anilines is 1. The summed E-state index contributed by atoms with van der Waals surface area (Å²) in [4.78, 5) is 28.5. The van der Waals surface area contributed by atoms with Gasteiger partial charge in [-0.25, -0.2) is 9.69 Å². The van der Waals surface area contributed by atoms with Gasteiger partial charge < -0.3 is 4.90 Å². The average Bonchev–Trinajstić information content (AvgIpc) is 2.70. The van der Waals surface area contributed by atoms with Gasteiger partial charge in [0.15, 0.2) is 0 Å². The molecular weight excluding hydrogens is 427 g/mol. The van der Waals surface area contributed by atoms with E-state index in [1.54, 1.807) is 32.2 Å². The van der Waals surface area contributed by atoms with E-state index in [4.69, 9.17) is 23.2 Å². The molecule has 2 aromatic carbocycles. The van der Waals surface area contributed by atoms with E-state index in [0.29, 0.717) is 22.2 Å². The summed E-state index contributed by atoms with van der Waals surface area (Å²) in [5.41, 5.74) is 0.314. The fourth-order valence-corrected chi connectivity index (χ4v) is 3.87. The lowest BCUT2D eigenvalue weighted by molar-refractivity contribution is -0.123. The van der Waals surface area contributed by atoms with E-state index >= 15 is 0 Å². The van der Waals surface area contributed by atoms with Crippen LogP contribution in [-0.4, -0.2) is 29.4 Å². The number of urea groups is 1. The quantitative estimate of drug-likeness (QED) is 0.617. The molecule has 1 heterocycles. The first-order chi connectivity index (χ1) is 11.7. The van der Waals surface area contributed by atoms with Gasteiger partial charge in [-0.05, 0) is 36.8 Å². The van der Waals surface area contributed by atoms with E-state index in [2.05, 4.69) is 15.9 Å². The fourth-order valence-electron chi connectivity index (χ4n) is 2.94. The minimum atomic E-state index is -1.00. The summed E-state index contributed by atoms with van der Waals surface area (Å²) < 4.78 is 0.897. The van der Waals surface area contributed by atoms with Crippen LogP contribution in [0.25, 0.3) is 0 Å². The predicted octanol–water partition coefficient (Wildman–Crippen LogP) is 5.16. The molecular formula is C18H15BrCl2N2O2. The van der Waals surface area contributed by atoms with Crippen LogP contribution in [-0.2, 0) is 11.2 Å². The van der Waals surface area contributed by atoms with Crippen molar-refractivity contribution in [2.75, 3.05) is 11.9 Å². The van der Waals surface area contributed by atoms with Crippen LogP contribution in [0.5, 0.6) is 0 Å². The Morgan fingerprint density at radius 2 is 1.68 bits per heavy atom. The Bertz CT molecular complexity index is 854. The largest absolute Gasteiger partial charge is 0.332 e. The van der Waals surface area contributed by atoms with Crippen molar-refractivity contribution in [3.63, 3.8) is 0 Å². The number of likely N-dealkylation sites (N-methyl/N-ethyl adjacent to an activating group) is 1. The zero-order valence-corrected chi connectivity index (χ0v) is 16.7. The van der Waals surface area contributed by atoms with Crippen LogP contribution in [0, 0.1) is 0 Å². The number of amides is 3. The number of carbonyl (C=O) groups excluding carboxylic acids is 2. The van der Waals surface area contributed by atoms with Crippen molar-refractivity contribution < 1.29 is 9.59 Å². The van der Waals surface area contributed by atoms with E-state index in [0.717, 1.165) is 14.9 Å². The van der Waals surface area contributed by atoms with Crippen LogP contribution in [0.2, 0.25) is 10.0 Å². The van der Waals surface area contributed by atoms with Gasteiger partial charge in [-0.15, -0.1) is 0 Å². The highest BCUT2D eigenvalue weighted by Crippen LogP contribution is 2.36. The number of rotatable bonds is 3. The first kappa shape index (κ1) is 18.2. The molecule has 0 spiro atoms. The molecule has 1 saturated heterocycles. The molecule has 7 heteroatoms. The Labute approximate surface area is 164 Å². The molecule has 0 saturated carbocycles. The van der Waals surface area contributed by atoms with Gasteiger partial charge in [0.1, 0.15) is 5.54 Å². The van der Waals surface area contributed by atoms with Crippen molar-refractivity contribution in [3.05, 3.63) is 62.5 Å². The number of imide groups is 1. The minimum absolute atomic E-state index is 0.311. The number of benzene rings is 2. The topological polar surface area (TPSA) is 40.6 Å². The van der Waals surface area contributed by atoms with Crippen LogP contribution in [0.1, 0.15) is 12.5 Å². The molecule has 1 unspecified atom stereocenters. The third-order valence-corrected chi connectivity index (χ3v) is 5.69. The molecule has 25 heavy (non-hydrogen) atoms. The van der Waals surface area contributed by atoms with E-state index in [1.807, 2.05) is 24.3 Å². The van der Waals surface area contributed by atoms with Gasteiger partial charge in [-0.1, -0.05) is 57.3 Å². The molecule has 3 amide bonds. The normalized spacial score (nSPS) is 20.5. The fraction of sp³-hybridized carbons (Fsp3) is 0.222. The first-order valence-electron chi connectivity index (χ1n) is 7.56. The Morgan fingerprint density at radius 3 is 2.28 bits per heavy atom. The standard InChI is InChI=1S/C18H15BrCl2N2O2/c1-18(10-11-5-3-4-6-15(11)19)16(24)23(17(25)22(18)2)14-8-12(20)7-13(21)9-14/h3-9H,10H2,1-2H3. The molecule has 1 fully saturated rings. The molecule has 3 rings (SSSR count). The lowest BCUT2D eigenvalue weighted by Crippen LogP contribution is -2.47. The number of hydrogen-bond donors (Lipinski definition) is 0. The van der Waals surface area contributed by atoms with E-state index < -0.39 is 11.6 Å². The van der Waals surface area contributed by atoms with Crippen molar-refractivity contribution in [2.24, 2.45) is 0 Å². The summed E-state index contributed by atoms with van der Waals surface area (Å²) in [6, 6.07) is 11.9. The zero-order valence-electron chi connectivity index (χ0n) is 13.6. The number of hydrogen-bond acceptors (Lipinski definition) is 2. The molecule has 0 aliphatic carbocycles. The molecule has 2 aromatic rings. The molecule has 130 valence electrons. The summed E-state index contributed by atoms with van der Waals surface area (Å²) >= 11 is 15.6. The maximum Gasteiger partial charge on any atom is 0.332 e. The molecule has 1 aliphatic rings. The molecule has 1 atom stereocenters. The minimum Gasteiger partial charge on any atom is -0.312 e. The molecule has 0 aromatic heterocycles. The third kappa shape index (κ3) is 3.16. The first-order valence-corrected chi connectivity index (χ1v) is 9.11. The second kappa shape index (κ2) is 6.63. The van der Waals surface area contributed by atoms with Gasteiger partial charge >= 0.3 is 6.03 Å². The van der Waals surface area contributed by atoms with Crippen molar-refractivity contribution in [1.82, 2.24) is 4.90 Å². The third-order valence-electron chi connectivity index (χ3n) is 4.48. The Morgan fingerprint density at radius 1 is 1.08 bits per heavy atom. The van der Waals surface area contributed by atoms with Crippen LogP contribution in [0.3, 0.4) is 0 Å². The van der Waals surface area contributed by atoms with Gasteiger partial charge in [-0.2, -0.15) is 0 Å². The number of nitrogens with zero attached hydrogens (tertiary/aromatic N) is 2. The van der Waals surface area contributed by atoms with E-state index in [-0.39, 0.29) is 5.91 Å². The Hall–Kier alpha value is -1.56. The van der Waals surface area contributed by atoms with Gasteiger partial charge in [0.2, 0.25) is 0 Å². The predicted molar refractivity (Wildman–Crippen MR) is 103 cm³/mol. The van der Waals surface area contributed by atoms with Crippen molar-refractivity contribution in [2.45, 2.75) is 18.9 Å². The summed E-state index contributed by atoms with van der Waals surface area (Å²) in [6.45, 7) is 1.76. The maximum atomic E-state index is 13.1. The van der Waals surface area contributed by atoms with Crippen molar-refractivity contribution in [1.29, 1.82) is 0 Å². The van der Waals surface area contributed by atoms with Gasteiger partial charge in [0.25, 0.3) is 5.91 Å². The van der Waals surface area contributed by atoms with Crippen molar-refractivity contribution >= 4 is 56.8 Å². The highest BCUT2D eigenvalue weighted by molar-refractivity contribution is 9.10. The summed E-state index contributed by atoms with van der Waals surface area (Å²) in [7, 11) is 1.63. The van der Waals surface area contributed by atoms with Crippen LogP contribution >= 0.6 is 39.1 Å². The summed E-state index contributed by atoms with van der Waals surface area (Å²) in [5.74, 6) is -0.311. The zero-order chi connectivity index (χ0) is 18.4.